The van der Waals surface area contributed by atoms with Crippen molar-refractivity contribution < 1.29 is 0 Å². The molecule has 2 N–H and O–H groups in total. The number of guanidine groups is 1. The molecule has 0 radical (unpaired) electrons. The molecule has 0 spiro atoms. The van der Waals surface area contributed by atoms with Crippen LogP contribution in [-0.2, 0) is 6.54 Å². The van der Waals surface area contributed by atoms with Gasteiger partial charge in [0, 0.05) is 38.4 Å². The molecule has 0 bridgehead atoms. The molecule has 1 aromatic carbocycles. The summed E-state index contributed by atoms with van der Waals surface area (Å²) in [5.74, 6) is 1.82. The summed E-state index contributed by atoms with van der Waals surface area (Å²) < 4.78 is 0. The number of nitrogens with one attached hydrogen (secondary N) is 2. The van der Waals surface area contributed by atoms with E-state index >= 15 is 0 Å². The second-order valence-corrected chi connectivity index (χ2v) is 6.20. The maximum absolute atomic E-state index is 4.43. The Hall–Kier alpha value is -1.71. The molecule has 1 fully saturated rings. The van der Waals surface area contributed by atoms with Gasteiger partial charge in [-0.25, -0.2) is 0 Å². The average Bonchev–Trinajstić information content (AvgIpc) is 2.55. The number of anilines is 1. The highest BCUT2D eigenvalue weighted by Gasteiger charge is 2.15. The largest absolute Gasteiger partial charge is 0.372 e. The summed E-state index contributed by atoms with van der Waals surface area (Å²) in [4.78, 5) is 6.93. The van der Waals surface area contributed by atoms with E-state index in [0.717, 1.165) is 37.9 Å². The van der Waals surface area contributed by atoms with Crippen LogP contribution in [0.1, 0.15) is 31.7 Å². The van der Waals surface area contributed by atoms with E-state index in [0.29, 0.717) is 0 Å². The lowest BCUT2D eigenvalue weighted by Gasteiger charge is -2.32. The Morgan fingerprint density at radius 3 is 2.67 bits per heavy atom. The van der Waals surface area contributed by atoms with Crippen LogP contribution in [-0.4, -0.2) is 32.1 Å². The molecule has 0 atom stereocenters. The molecule has 21 heavy (non-hydrogen) atoms. The number of nitrogens with zero attached hydrogens (tertiary/aromatic N) is 2. The molecule has 1 aromatic rings. The van der Waals surface area contributed by atoms with Crippen LogP contribution < -0.4 is 15.5 Å². The van der Waals surface area contributed by atoms with Gasteiger partial charge in [-0.15, -0.1) is 0 Å². The lowest BCUT2D eigenvalue weighted by atomic mass is 9.99. The first kappa shape index (κ1) is 14.2. The zero-order valence-corrected chi connectivity index (χ0v) is 12.9. The Kier molecular flexibility index (Phi) is 4.63. The van der Waals surface area contributed by atoms with E-state index in [2.05, 4.69) is 51.7 Å². The summed E-state index contributed by atoms with van der Waals surface area (Å²) >= 11 is 0. The van der Waals surface area contributed by atoms with Crippen molar-refractivity contribution in [1.29, 1.82) is 0 Å². The van der Waals surface area contributed by atoms with Gasteiger partial charge in [0.15, 0.2) is 5.96 Å². The fourth-order valence-corrected chi connectivity index (χ4v) is 2.93. The average molecular weight is 286 g/mol. The minimum atomic E-state index is 0.836. The first-order valence-corrected chi connectivity index (χ1v) is 8.17. The van der Waals surface area contributed by atoms with Crippen LogP contribution in [0.25, 0.3) is 0 Å². The van der Waals surface area contributed by atoms with Crippen molar-refractivity contribution in [1.82, 2.24) is 10.6 Å². The van der Waals surface area contributed by atoms with Crippen LogP contribution in [0.5, 0.6) is 0 Å². The summed E-state index contributed by atoms with van der Waals surface area (Å²) in [6.07, 6.45) is 3.76. The maximum Gasteiger partial charge on any atom is 0.191 e. The molecule has 1 saturated heterocycles. The summed E-state index contributed by atoms with van der Waals surface area (Å²) in [6, 6.07) is 8.96. The molecule has 0 amide bonds. The molecule has 2 aliphatic rings. The van der Waals surface area contributed by atoms with Gasteiger partial charge < -0.3 is 15.5 Å². The number of aliphatic imine (C=N–C) groups is 1. The molecule has 3 rings (SSSR count). The SMILES string of the molecule is CC1CCN(c2ccc(CNC3=NCCCN3)cc2)CC1. The van der Waals surface area contributed by atoms with Gasteiger partial charge in [0.05, 0.1) is 0 Å². The van der Waals surface area contributed by atoms with Crippen LogP contribution in [0.3, 0.4) is 0 Å². The van der Waals surface area contributed by atoms with Gasteiger partial charge in [-0.2, -0.15) is 0 Å². The van der Waals surface area contributed by atoms with Crippen molar-refractivity contribution >= 4 is 11.6 Å². The van der Waals surface area contributed by atoms with Crippen molar-refractivity contribution in [3.8, 4) is 0 Å². The molecule has 4 heteroatoms. The molecular weight excluding hydrogens is 260 g/mol. The van der Waals surface area contributed by atoms with E-state index < -0.39 is 0 Å². The molecule has 114 valence electrons. The normalized spacial score (nSPS) is 19.9. The maximum atomic E-state index is 4.43. The predicted molar refractivity (Wildman–Crippen MR) is 88.8 cm³/mol. The van der Waals surface area contributed by atoms with E-state index in [1.165, 1.54) is 37.2 Å². The molecule has 0 saturated carbocycles. The van der Waals surface area contributed by atoms with E-state index in [-0.39, 0.29) is 0 Å². The van der Waals surface area contributed by atoms with Gasteiger partial charge in [-0.1, -0.05) is 19.1 Å². The van der Waals surface area contributed by atoms with E-state index in [4.69, 9.17) is 0 Å². The number of benzene rings is 1. The quantitative estimate of drug-likeness (QED) is 0.896. The van der Waals surface area contributed by atoms with Gasteiger partial charge in [0.25, 0.3) is 0 Å². The van der Waals surface area contributed by atoms with Gasteiger partial charge in [0.1, 0.15) is 0 Å². The van der Waals surface area contributed by atoms with Gasteiger partial charge >= 0.3 is 0 Å². The Labute approximate surface area is 127 Å². The highest BCUT2D eigenvalue weighted by molar-refractivity contribution is 5.80. The number of hydrogen-bond acceptors (Lipinski definition) is 4. The third-order valence-electron chi connectivity index (χ3n) is 4.44. The van der Waals surface area contributed by atoms with Gasteiger partial charge in [-0.3, -0.25) is 4.99 Å². The molecule has 0 aliphatic carbocycles. The van der Waals surface area contributed by atoms with Crippen molar-refractivity contribution in [2.45, 2.75) is 32.7 Å². The Morgan fingerprint density at radius 2 is 2.00 bits per heavy atom. The van der Waals surface area contributed by atoms with Crippen molar-refractivity contribution in [3.63, 3.8) is 0 Å². The van der Waals surface area contributed by atoms with Crippen molar-refractivity contribution in [3.05, 3.63) is 29.8 Å². The molecule has 2 aliphatic heterocycles. The first-order valence-electron chi connectivity index (χ1n) is 8.17. The highest BCUT2D eigenvalue weighted by atomic mass is 15.2. The second kappa shape index (κ2) is 6.83. The van der Waals surface area contributed by atoms with Gasteiger partial charge in [-0.05, 0) is 42.9 Å². The number of hydrogen-bond donors (Lipinski definition) is 2. The van der Waals surface area contributed by atoms with E-state index in [1.807, 2.05) is 0 Å². The molecule has 0 aromatic heterocycles. The Bertz CT molecular complexity index is 472. The summed E-state index contributed by atoms with van der Waals surface area (Å²) in [5.41, 5.74) is 2.66. The van der Waals surface area contributed by atoms with Crippen molar-refractivity contribution in [2.75, 3.05) is 31.1 Å². The Morgan fingerprint density at radius 1 is 1.24 bits per heavy atom. The first-order chi connectivity index (χ1) is 10.3. The minimum Gasteiger partial charge on any atom is -0.372 e. The van der Waals surface area contributed by atoms with E-state index in [9.17, 15) is 0 Å². The van der Waals surface area contributed by atoms with Crippen LogP contribution in [0.4, 0.5) is 5.69 Å². The predicted octanol–water partition coefficient (Wildman–Crippen LogP) is 2.36. The zero-order valence-electron chi connectivity index (χ0n) is 12.9. The molecule has 2 heterocycles. The second-order valence-electron chi connectivity index (χ2n) is 6.20. The Balaban J connectivity index is 1.53. The van der Waals surface area contributed by atoms with Crippen LogP contribution in [0.15, 0.2) is 29.3 Å². The third kappa shape index (κ3) is 3.90. The lowest BCUT2D eigenvalue weighted by Crippen LogP contribution is -2.40. The summed E-state index contributed by atoms with van der Waals surface area (Å²) in [6.45, 7) is 7.54. The van der Waals surface area contributed by atoms with Crippen LogP contribution in [0.2, 0.25) is 0 Å². The molecule has 0 unspecified atom stereocenters. The number of rotatable bonds is 3. The standard InChI is InChI=1S/C17H26N4/c1-14-7-11-21(12-8-14)16-5-3-15(4-6-16)13-20-17-18-9-2-10-19-17/h3-6,14H,2,7-13H2,1H3,(H2,18,19,20). The highest BCUT2D eigenvalue weighted by Crippen LogP contribution is 2.23. The van der Waals surface area contributed by atoms with E-state index in [1.54, 1.807) is 0 Å². The summed E-state index contributed by atoms with van der Waals surface area (Å²) in [5, 5.41) is 6.66. The zero-order chi connectivity index (χ0) is 14.5. The lowest BCUT2D eigenvalue weighted by molar-refractivity contribution is 0.438. The van der Waals surface area contributed by atoms with Crippen molar-refractivity contribution in [2.24, 2.45) is 10.9 Å². The van der Waals surface area contributed by atoms with Gasteiger partial charge in [0.2, 0.25) is 0 Å². The fourth-order valence-electron chi connectivity index (χ4n) is 2.93. The molecule has 4 nitrogen and oxygen atoms in total. The minimum absolute atomic E-state index is 0.836. The van der Waals surface area contributed by atoms with Crippen LogP contribution in [0, 0.1) is 5.92 Å². The topological polar surface area (TPSA) is 39.7 Å². The third-order valence-corrected chi connectivity index (χ3v) is 4.44. The fraction of sp³-hybridized carbons (Fsp3) is 0.588. The molecular formula is C17H26N4. The smallest absolute Gasteiger partial charge is 0.191 e. The van der Waals surface area contributed by atoms with Crippen LogP contribution >= 0.6 is 0 Å². The summed E-state index contributed by atoms with van der Waals surface area (Å²) in [7, 11) is 0. The monoisotopic (exact) mass is 286 g/mol. The number of piperidine rings is 1.